The number of oxime groups is 1. The standard InChI is InChI=1S/C30H30N2O5S/c1-21(33)37-31-27(22-7-5-4-6-8-22)28(34)23-9-13-25(14-10-23)38-26-15-11-24(12-16-26)29(35)30(2,3)32-17-19-36-20-18-32/h4-16H,17-20H2,1-3H3/b31-27+. The van der Waals surface area contributed by atoms with Gasteiger partial charge < -0.3 is 9.57 Å². The predicted molar refractivity (Wildman–Crippen MR) is 147 cm³/mol. The van der Waals surface area contributed by atoms with Crippen molar-refractivity contribution in [3.05, 3.63) is 95.6 Å². The van der Waals surface area contributed by atoms with Crippen LogP contribution in [0.15, 0.2) is 93.8 Å². The normalized spacial score (nSPS) is 14.7. The lowest BCUT2D eigenvalue weighted by Gasteiger charge is -2.39. The highest BCUT2D eigenvalue weighted by atomic mass is 32.2. The van der Waals surface area contributed by atoms with Crippen LogP contribution in [-0.4, -0.2) is 60.0 Å². The van der Waals surface area contributed by atoms with Gasteiger partial charge in [0.1, 0.15) is 0 Å². The fourth-order valence-electron chi connectivity index (χ4n) is 4.17. The van der Waals surface area contributed by atoms with Crippen LogP contribution < -0.4 is 0 Å². The Morgan fingerprint density at radius 1 is 0.816 bits per heavy atom. The molecule has 0 spiro atoms. The molecule has 0 aliphatic carbocycles. The summed E-state index contributed by atoms with van der Waals surface area (Å²) in [6.07, 6.45) is 0. The molecule has 0 N–H and O–H groups in total. The lowest BCUT2D eigenvalue weighted by atomic mass is 9.91. The maximum Gasteiger partial charge on any atom is 0.332 e. The van der Waals surface area contributed by atoms with Gasteiger partial charge in [0.2, 0.25) is 5.78 Å². The van der Waals surface area contributed by atoms with Crippen LogP contribution in [0.1, 0.15) is 47.1 Å². The van der Waals surface area contributed by atoms with Gasteiger partial charge in [-0.15, -0.1) is 0 Å². The lowest BCUT2D eigenvalue weighted by molar-refractivity contribution is -0.140. The minimum Gasteiger partial charge on any atom is -0.379 e. The first-order valence-electron chi connectivity index (χ1n) is 12.4. The summed E-state index contributed by atoms with van der Waals surface area (Å²) < 4.78 is 5.43. The summed E-state index contributed by atoms with van der Waals surface area (Å²) in [7, 11) is 0. The van der Waals surface area contributed by atoms with Crippen LogP contribution >= 0.6 is 11.8 Å². The van der Waals surface area contributed by atoms with Gasteiger partial charge in [0.05, 0.1) is 18.8 Å². The molecule has 0 atom stereocenters. The molecule has 1 heterocycles. The number of rotatable bonds is 9. The van der Waals surface area contributed by atoms with Crippen molar-refractivity contribution in [2.24, 2.45) is 5.16 Å². The fourth-order valence-corrected chi connectivity index (χ4v) is 4.99. The van der Waals surface area contributed by atoms with E-state index < -0.39 is 11.5 Å². The van der Waals surface area contributed by atoms with Crippen molar-refractivity contribution < 1.29 is 24.0 Å². The van der Waals surface area contributed by atoms with Crippen molar-refractivity contribution in [2.45, 2.75) is 36.1 Å². The molecule has 0 unspecified atom stereocenters. The number of ether oxygens (including phenoxy) is 1. The summed E-state index contributed by atoms with van der Waals surface area (Å²) in [5.74, 6) is -0.862. The number of morpholine rings is 1. The van der Waals surface area contributed by atoms with Gasteiger partial charge in [0, 0.05) is 46.5 Å². The molecular weight excluding hydrogens is 500 g/mol. The molecule has 1 aliphatic heterocycles. The Balaban J connectivity index is 1.44. The summed E-state index contributed by atoms with van der Waals surface area (Å²) in [5.41, 5.74) is 1.12. The van der Waals surface area contributed by atoms with E-state index in [4.69, 9.17) is 9.57 Å². The Morgan fingerprint density at radius 3 is 1.92 bits per heavy atom. The number of benzene rings is 3. The topological polar surface area (TPSA) is 85.3 Å². The molecule has 1 aliphatic rings. The van der Waals surface area contributed by atoms with Gasteiger partial charge in [-0.05, 0) is 50.2 Å². The van der Waals surface area contributed by atoms with E-state index in [1.165, 1.54) is 18.7 Å². The van der Waals surface area contributed by atoms with E-state index in [1.54, 1.807) is 36.4 Å². The Morgan fingerprint density at radius 2 is 1.37 bits per heavy atom. The molecule has 0 aromatic heterocycles. The minimum absolute atomic E-state index is 0.0569. The highest BCUT2D eigenvalue weighted by Crippen LogP contribution is 2.29. The summed E-state index contributed by atoms with van der Waals surface area (Å²) in [6, 6.07) is 23.6. The second-order valence-electron chi connectivity index (χ2n) is 9.36. The molecule has 3 aromatic rings. The highest BCUT2D eigenvalue weighted by molar-refractivity contribution is 7.99. The molecule has 4 rings (SSSR count). The molecule has 7 nitrogen and oxygen atoms in total. The van der Waals surface area contributed by atoms with E-state index in [0.29, 0.717) is 29.9 Å². The second-order valence-corrected chi connectivity index (χ2v) is 10.5. The summed E-state index contributed by atoms with van der Waals surface area (Å²) >= 11 is 1.53. The summed E-state index contributed by atoms with van der Waals surface area (Å²) in [5, 5.41) is 3.80. The quantitative estimate of drug-likeness (QED) is 0.161. The highest BCUT2D eigenvalue weighted by Gasteiger charge is 2.35. The first-order valence-corrected chi connectivity index (χ1v) is 13.2. The third-order valence-corrected chi connectivity index (χ3v) is 7.37. The molecule has 196 valence electrons. The van der Waals surface area contributed by atoms with Crippen LogP contribution in [0, 0.1) is 0 Å². The number of nitrogens with zero attached hydrogens (tertiary/aromatic N) is 2. The number of hydrogen-bond acceptors (Lipinski definition) is 8. The maximum atomic E-state index is 13.2. The van der Waals surface area contributed by atoms with Gasteiger partial charge in [-0.25, -0.2) is 4.79 Å². The van der Waals surface area contributed by atoms with Gasteiger partial charge >= 0.3 is 5.97 Å². The predicted octanol–water partition coefficient (Wildman–Crippen LogP) is 5.28. The summed E-state index contributed by atoms with van der Waals surface area (Å²) in [4.78, 5) is 46.5. The molecule has 3 aromatic carbocycles. The van der Waals surface area contributed by atoms with Crippen LogP contribution in [0.2, 0.25) is 0 Å². The molecule has 0 amide bonds. The van der Waals surface area contributed by atoms with Crippen LogP contribution in [0.4, 0.5) is 0 Å². The zero-order chi connectivity index (χ0) is 27.1. The molecule has 1 fully saturated rings. The van der Waals surface area contributed by atoms with Crippen LogP contribution in [0.25, 0.3) is 0 Å². The maximum absolute atomic E-state index is 13.2. The van der Waals surface area contributed by atoms with Gasteiger partial charge in [-0.1, -0.05) is 59.4 Å². The first-order chi connectivity index (χ1) is 18.3. The molecule has 1 saturated heterocycles. The fraction of sp³-hybridized carbons (Fsp3) is 0.267. The van der Waals surface area contributed by atoms with Crippen molar-refractivity contribution >= 4 is 35.0 Å². The van der Waals surface area contributed by atoms with Crippen LogP contribution in [0.5, 0.6) is 0 Å². The minimum atomic E-state index is -0.602. The lowest BCUT2D eigenvalue weighted by Crippen LogP contribution is -2.54. The largest absolute Gasteiger partial charge is 0.379 e. The van der Waals surface area contributed by atoms with Gasteiger partial charge in [0.15, 0.2) is 11.5 Å². The number of carbonyl (C=O) groups is 3. The van der Waals surface area contributed by atoms with Gasteiger partial charge in [-0.2, -0.15) is 0 Å². The van der Waals surface area contributed by atoms with Crippen molar-refractivity contribution in [1.29, 1.82) is 0 Å². The SMILES string of the molecule is CC(=O)O/N=C(/C(=O)c1ccc(Sc2ccc(C(=O)C(C)(C)N3CCOCC3)cc2)cc1)c1ccccc1. The van der Waals surface area contributed by atoms with E-state index in [9.17, 15) is 14.4 Å². The van der Waals surface area contributed by atoms with Crippen molar-refractivity contribution in [2.75, 3.05) is 26.3 Å². The number of hydrogen-bond donors (Lipinski definition) is 0. The number of carbonyl (C=O) groups excluding carboxylic acids is 3. The molecule has 0 bridgehead atoms. The molecular formula is C30H30N2O5S. The third-order valence-electron chi connectivity index (χ3n) is 6.35. The summed E-state index contributed by atoms with van der Waals surface area (Å²) in [6.45, 7) is 7.93. The zero-order valence-electron chi connectivity index (χ0n) is 21.7. The molecule has 8 heteroatoms. The molecule has 0 saturated carbocycles. The van der Waals surface area contributed by atoms with Crippen LogP contribution in [-0.2, 0) is 14.4 Å². The zero-order valence-corrected chi connectivity index (χ0v) is 22.5. The van der Waals surface area contributed by atoms with Crippen molar-refractivity contribution in [3.8, 4) is 0 Å². The average molecular weight is 531 g/mol. The van der Waals surface area contributed by atoms with Crippen molar-refractivity contribution in [1.82, 2.24) is 4.90 Å². The Hall–Kier alpha value is -3.59. The Kier molecular flexibility index (Phi) is 8.89. The monoisotopic (exact) mass is 530 g/mol. The molecule has 38 heavy (non-hydrogen) atoms. The molecule has 0 radical (unpaired) electrons. The van der Waals surface area contributed by atoms with Gasteiger partial charge in [0.25, 0.3) is 0 Å². The van der Waals surface area contributed by atoms with E-state index in [0.717, 1.165) is 22.9 Å². The second kappa shape index (κ2) is 12.3. The van der Waals surface area contributed by atoms with E-state index in [2.05, 4.69) is 10.1 Å². The van der Waals surface area contributed by atoms with Crippen molar-refractivity contribution in [3.63, 3.8) is 0 Å². The number of Topliss-reactive ketones (excluding diaryl/α,β-unsaturated/α-hetero) is 2. The van der Waals surface area contributed by atoms with Gasteiger partial charge in [-0.3, -0.25) is 14.5 Å². The average Bonchev–Trinajstić information content (AvgIpc) is 2.94. The number of ketones is 2. The Labute approximate surface area is 226 Å². The van der Waals surface area contributed by atoms with E-state index in [1.807, 2.05) is 56.3 Å². The Bertz CT molecular complexity index is 1310. The van der Waals surface area contributed by atoms with Crippen LogP contribution in [0.3, 0.4) is 0 Å². The smallest absolute Gasteiger partial charge is 0.332 e. The third kappa shape index (κ3) is 6.64. The van der Waals surface area contributed by atoms with E-state index in [-0.39, 0.29) is 17.3 Å². The van der Waals surface area contributed by atoms with E-state index >= 15 is 0 Å². The first kappa shape index (κ1) is 27.4.